The standard InChI is InChI=1S/C16H19N7O3/c1-9(14-20-16(17)22-21-14)18-12(24)7-8-13-19-15(23-26-13)10-5-3-4-6-11(10)25-2/h3-6,9H,7-8H2,1-2H3,(H,18,24)(H3,17,20,21,22)/t9-/m0/s1. The molecule has 0 aliphatic carbocycles. The van der Waals surface area contributed by atoms with Gasteiger partial charge in [-0.25, -0.2) is 0 Å². The number of carbonyl (C=O) groups excluding carboxylic acids is 1. The molecule has 2 aromatic heterocycles. The fraction of sp³-hybridized carbons (Fsp3) is 0.312. The van der Waals surface area contributed by atoms with E-state index >= 15 is 0 Å². The summed E-state index contributed by atoms with van der Waals surface area (Å²) in [5.41, 5.74) is 6.18. The van der Waals surface area contributed by atoms with Crippen LogP contribution in [0.2, 0.25) is 0 Å². The first-order valence-corrected chi connectivity index (χ1v) is 8.00. The first kappa shape index (κ1) is 17.4. The molecule has 2 heterocycles. The summed E-state index contributed by atoms with van der Waals surface area (Å²) < 4.78 is 10.5. The van der Waals surface area contributed by atoms with Crippen LogP contribution in [0.3, 0.4) is 0 Å². The Kier molecular flexibility index (Phi) is 5.11. The van der Waals surface area contributed by atoms with Gasteiger partial charge in [-0.05, 0) is 19.1 Å². The highest BCUT2D eigenvalue weighted by Crippen LogP contribution is 2.27. The lowest BCUT2D eigenvalue weighted by Crippen LogP contribution is -2.27. The number of nitrogens with two attached hydrogens (primary N) is 1. The minimum Gasteiger partial charge on any atom is -0.496 e. The molecule has 0 unspecified atom stereocenters. The lowest BCUT2D eigenvalue weighted by molar-refractivity contribution is -0.121. The van der Waals surface area contributed by atoms with Gasteiger partial charge in [0.1, 0.15) is 11.6 Å². The minimum atomic E-state index is -0.334. The van der Waals surface area contributed by atoms with Crippen LogP contribution in [0.1, 0.15) is 31.1 Å². The van der Waals surface area contributed by atoms with Crippen LogP contribution in [0, 0.1) is 0 Å². The molecule has 10 heteroatoms. The smallest absolute Gasteiger partial charge is 0.239 e. The lowest BCUT2D eigenvalue weighted by atomic mass is 10.2. The number of nitrogen functional groups attached to an aromatic ring is 1. The molecule has 0 fully saturated rings. The average molecular weight is 357 g/mol. The summed E-state index contributed by atoms with van der Waals surface area (Å²) in [4.78, 5) is 20.4. The monoisotopic (exact) mass is 357 g/mol. The minimum absolute atomic E-state index is 0.135. The summed E-state index contributed by atoms with van der Waals surface area (Å²) in [7, 11) is 1.58. The topological polar surface area (TPSA) is 145 Å². The molecule has 136 valence electrons. The highest BCUT2D eigenvalue weighted by molar-refractivity contribution is 5.76. The number of carbonyl (C=O) groups is 1. The molecule has 0 saturated heterocycles. The van der Waals surface area contributed by atoms with E-state index in [1.54, 1.807) is 14.0 Å². The Hall–Kier alpha value is -3.43. The molecular weight excluding hydrogens is 338 g/mol. The SMILES string of the molecule is COc1ccccc1-c1noc(CCC(=O)N[C@@H](C)c2nc(N)n[nH]2)n1. The summed E-state index contributed by atoms with van der Waals surface area (Å²) in [6.07, 6.45) is 0.515. The van der Waals surface area contributed by atoms with Gasteiger partial charge in [0.2, 0.25) is 23.6 Å². The third-order valence-corrected chi connectivity index (χ3v) is 3.69. The molecule has 1 atom stereocenters. The number of aromatic nitrogens is 5. The van der Waals surface area contributed by atoms with Gasteiger partial charge < -0.3 is 20.3 Å². The summed E-state index contributed by atoms with van der Waals surface area (Å²) in [6, 6.07) is 7.04. The van der Waals surface area contributed by atoms with E-state index in [0.29, 0.717) is 29.7 Å². The van der Waals surface area contributed by atoms with E-state index in [4.69, 9.17) is 15.0 Å². The Morgan fingerprint density at radius 2 is 2.19 bits per heavy atom. The molecule has 3 aromatic rings. The van der Waals surface area contributed by atoms with Crippen molar-refractivity contribution in [3.05, 3.63) is 36.0 Å². The van der Waals surface area contributed by atoms with Crippen molar-refractivity contribution in [1.82, 2.24) is 30.6 Å². The van der Waals surface area contributed by atoms with Gasteiger partial charge in [0.25, 0.3) is 0 Å². The van der Waals surface area contributed by atoms with Crippen molar-refractivity contribution in [3.8, 4) is 17.1 Å². The van der Waals surface area contributed by atoms with Gasteiger partial charge in [-0.2, -0.15) is 9.97 Å². The number of aryl methyl sites for hydroxylation is 1. The number of para-hydroxylation sites is 1. The molecule has 0 radical (unpaired) electrons. The summed E-state index contributed by atoms with van der Waals surface area (Å²) in [5, 5.41) is 13.1. The zero-order valence-electron chi connectivity index (χ0n) is 14.4. The maximum atomic E-state index is 12.1. The number of benzene rings is 1. The Labute approximate surface area is 149 Å². The van der Waals surface area contributed by atoms with Crippen LogP contribution in [-0.4, -0.2) is 38.3 Å². The Morgan fingerprint density at radius 3 is 2.92 bits per heavy atom. The van der Waals surface area contributed by atoms with Gasteiger partial charge in [0.15, 0.2) is 0 Å². The lowest BCUT2D eigenvalue weighted by Gasteiger charge is -2.09. The number of amides is 1. The number of rotatable bonds is 7. The third-order valence-electron chi connectivity index (χ3n) is 3.69. The second-order valence-corrected chi connectivity index (χ2v) is 5.58. The number of anilines is 1. The largest absolute Gasteiger partial charge is 0.496 e. The van der Waals surface area contributed by atoms with E-state index in [0.717, 1.165) is 5.56 Å². The highest BCUT2D eigenvalue weighted by atomic mass is 16.5. The Balaban J connectivity index is 1.57. The van der Waals surface area contributed by atoms with Crippen molar-refractivity contribution in [2.45, 2.75) is 25.8 Å². The van der Waals surface area contributed by atoms with Crippen LogP contribution in [0.5, 0.6) is 5.75 Å². The Bertz CT molecular complexity index is 889. The number of H-pyrrole nitrogens is 1. The van der Waals surface area contributed by atoms with Crippen molar-refractivity contribution < 1.29 is 14.1 Å². The zero-order chi connectivity index (χ0) is 18.5. The maximum absolute atomic E-state index is 12.1. The van der Waals surface area contributed by atoms with Crippen molar-refractivity contribution >= 4 is 11.9 Å². The molecule has 0 aliphatic rings. The molecule has 3 rings (SSSR count). The van der Waals surface area contributed by atoms with Crippen LogP contribution in [0.4, 0.5) is 5.95 Å². The van der Waals surface area contributed by atoms with Gasteiger partial charge in [-0.15, -0.1) is 5.10 Å². The first-order chi connectivity index (χ1) is 12.6. The Morgan fingerprint density at radius 1 is 1.38 bits per heavy atom. The number of nitrogens with zero attached hydrogens (tertiary/aromatic N) is 4. The van der Waals surface area contributed by atoms with Crippen LogP contribution in [0.25, 0.3) is 11.4 Å². The maximum Gasteiger partial charge on any atom is 0.239 e. The number of methoxy groups -OCH3 is 1. The van der Waals surface area contributed by atoms with Crippen molar-refractivity contribution in [1.29, 1.82) is 0 Å². The van der Waals surface area contributed by atoms with Crippen LogP contribution < -0.4 is 15.8 Å². The highest BCUT2D eigenvalue weighted by Gasteiger charge is 2.16. The average Bonchev–Trinajstić information content (AvgIpc) is 3.29. The van der Waals surface area contributed by atoms with E-state index in [1.807, 2.05) is 24.3 Å². The number of ether oxygens (including phenoxy) is 1. The summed E-state index contributed by atoms with van der Waals surface area (Å²) in [5.74, 6) is 1.89. The predicted molar refractivity (Wildman–Crippen MR) is 92.0 cm³/mol. The van der Waals surface area contributed by atoms with Crippen molar-refractivity contribution in [3.63, 3.8) is 0 Å². The summed E-state index contributed by atoms with van der Waals surface area (Å²) in [6.45, 7) is 1.78. The molecular formula is C16H19N7O3. The van der Waals surface area contributed by atoms with Crippen molar-refractivity contribution in [2.75, 3.05) is 12.8 Å². The van der Waals surface area contributed by atoms with Gasteiger partial charge in [0, 0.05) is 12.8 Å². The molecule has 1 aromatic carbocycles. The number of nitrogens with one attached hydrogen (secondary N) is 2. The summed E-state index contributed by atoms with van der Waals surface area (Å²) >= 11 is 0. The van der Waals surface area contributed by atoms with Gasteiger partial charge in [0.05, 0.1) is 18.7 Å². The zero-order valence-corrected chi connectivity index (χ0v) is 14.4. The molecule has 0 aliphatic heterocycles. The molecule has 26 heavy (non-hydrogen) atoms. The van der Waals surface area contributed by atoms with E-state index in [2.05, 4.69) is 30.6 Å². The normalized spacial score (nSPS) is 11.9. The van der Waals surface area contributed by atoms with Gasteiger partial charge in [-0.1, -0.05) is 17.3 Å². The van der Waals surface area contributed by atoms with Gasteiger partial charge >= 0.3 is 0 Å². The van der Waals surface area contributed by atoms with Crippen LogP contribution in [0.15, 0.2) is 28.8 Å². The van der Waals surface area contributed by atoms with E-state index < -0.39 is 0 Å². The number of aromatic amines is 1. The third kappa shape index (κ3) is 3.97. The predicted octanol–water partition coefficient (Wildman–Crippen LogP) is 1.26. The first-order valence-electron chi connectivity index (χ1n) is 8.00. The number of hydrogen-bond acceptors (Lipinski definition) is 8. The second kappa shape index (κ2) is 7.64. The van der Waals surface area contributed by atoms with E-state index in [-0.39, 0.29) is 24.3 Å². The molecule has 0 spiro atoms. The molecule has 10 nitrogen and oxygen atoms in total. The molecule has 0 saturated carbocycles. The fourth-order valence-corrected chi connectivity index (χ4v) is 2.38. The number of hydrogen-bond donors (Lipinski definition) is 3. The van der Waals surface area contributed by atoms with Gasteiger partial charge in [-0.3, -0.25) is 9.89 Å². The molecule has 1 amide bonds. The molecule has 0 bridgehead atoms. The second-order valence-electron chi connectivity index (χ2n) is 5.58. The van der Waals surface area contributed by atoms with E-state index in [9.17, 15) is 4.79 Å². The fourth-order valence-electron chi connectivity index (χ4n) is 2.38. The molecule has 4 N–H and O–H groups in total. The van der Waals surface area contributed by atoms with Crippen LogP contribution in [-0.2, 0) is 11.2 Å². The van der Waals surface area contributed by atoms with E-state index in [1.165, 1.54) is 0 Å². The quantitative estimate of drug-likeness (QED) is 0.573. The van der Waals surface area contributed by atoms with Crippen molar-refractivity contribution in [2.24, 2.45) is 0 Å². The van der Waals surface area contributed by atoms with Crippen LogP contribution >= 0.6 is 0 Å².